The van der Waals surface area contributed by atoms with Crippen molar-refractivity contribution >= 4 is 23.1 Å². The Hall–Kier alpha value is -2.25. The highest BCUT2D eigenvalue weighted by Gasteiger charge is 2.43. The van der Waals surface area contributed by atoms with Crippen molar-refractivity contribution in [2.45, 2.75) is 19.8 Å². The molecule has 7 nitrogen and oxygen atoms in total. The molecule has 0 unspecified atom stereocenters. The quantitative estimate of drug-likeness (QED) is 0.550. The van der Waals surface area contributed by atoms with Gasteiger partial charge in [-0.05, 0) is 31.5 Å². The molecular weight excluding hydrogens is 326 g/mol. The lowest BCUT2D eigenvalue weighted by molar-refractivity contribution is -0.139. The molecule has 0 saturated heterocycles. The molecule has 1 aromatic rings. The van der Waals surface area contributed by atoms with Crippen molar-refractivity contribution in [1.82, 2.24) is 4.98 Å². The van der Waals surface area contributed by atoms with Crippen molar-refractivity contribution < 1.29 is 28.7 Å². The van der Waals surface area contributed by atoms with Crippen molar-refractivity contribution in [3.05, 3.63) is 30.1 Å². The van der Waals surface area contributed by atoms with Crippen LogP contribution < -0.4 is 0 Å². The van der Waals surface area contributed by atoms with Crippen LogP contribution in [0, 0.1) is 11.8 Å². The standard InChI is InChI=1S/C18H23NO6/c1-11(20)16(14(22)9-24-3)18(13-5-7-19-8-6-13)17(12(2)21)15(23)10-25-4/h5-8,16-18H,9-10H2,1-4H3/t16-,17-/m0/s1. The summed E-state index contributed by atoms with van der Waals surface area (Å²) in [5.41, 5.74) is 0.518. The summed E-state index contributed by atoms with van der Waals surface area (Å²) in [7, 11) is 2.68. The van der Waals surface area contributed by atoms with Crippen molar-refractivity contribution in [2.75, 3.05) is 27.4 Å². The summed E-state index contributed by atoms with van der Waals surface area (Å²) in [5, 5.41) is 0. The van der Waals surface area contributed by atoms with Gasteiger partial charge in [0.15, 0.2) is 11.6 Å². The molecule has 2 atom stereocenters. The largest absolute Gasteiger partial charge is 0.377 e. The summed E-state index contributed by atoms with van der Waals surface area (Å²) in [6.45, 7) is 1.97. The van der Waals surface area contributed by atoms with E-state index in [0.717, 1.165) is 0 Å². The maximum absolute atomic E-state index is 12.5. The SMILES string of the molecule is COCC(=O)[C@H](C(C)=O)C(c1ccncc1)[C@@H](C(C)=O)C(=O)COC. The molecule has 0 N–H and O–H groups in total. The van der Waals surface area contributed by atoms with Crippen LogP contribution in [0.2, 0.25) is 0 Å². The second kappa shape index (κ2) is 9.90. The Bertz CT molecular complexity index is 592. The summed E-state index contributed by atoms with van der Waals surface area (Å²) in [6, 6.07) is 3.19. The van der Waals surface area contributed by atoms with Crippen molar-refractivity contribution in [1.29, 1.82) is 0 Å². The number of carbonyl (C=O) groups excluding carboxylic acids is 4. The fourth-order valence-corrected chi connectivity index (χ4v) is 2.99. The van der Waals surface area contributed by atoms with Crippen LogP contribution in [0.4, 0.5) is 0 Å². The highest BCUT2D eigenvalue weighted by Crippen LogP contribution is 2.35. The van der Waals surface area contributed by atoms with Crippen molar-refractivity contribution in [2.24, 2.45) is 11.8 Å². The molecule has 0 aromatic carbocycles. The fraction of sp³-hybridized carbons (Fsp3) is 0.500. The van der Waals surface area contributed by atoms with Crippen LogP contribution in [0.15, 0.2) is 24.5 Å². The number of ketones is 4. The predicted octanol–water partition coefficient (Wildman–Crippen LogP) is 1.01. The van der Waals surface area contributed by atoms with E-state index in [1.807, 2.05) is 0 Å². The number of Topliss-reactive ketones (excluding diaryl/α,β-unsaturated/α-hetero) is 4. The minimum absolute atomic E-state index is 0.283. The molecule has 1 rings (SSSR count). The van der Waals surface area contributed by atoms with Crippen molar-refractivity contribution in [3.63, 3.8) is 0 Å². The van der Waals surface area contributed by atoms with E-state index in [1.165, 1.54) is 40.5 Å². The van der Waals surface area contributed by atoms with Gasteiger partial charge in [0, 0.05) is 32.5 Å². The number of carbonyl (C=O) groups is 4. The van der Waals surface area contributed by atoms with Gasteiger partial charge in [-0.2, -0.15) is 0 Å². The van der Waals surface area contributed by atoms with Gasteiger partial charge in [0.25, 0.3) is 0 Å². The molecule has 0 spiro atoms. The molecule has 0 saturated carbocycles. The van der Waals surface area contributed by atoms with Gasteiger partial charge in [0.2, 0.25) is 0 Å². The average Bonchev–Trinajstić information content (AvgIpc) is 2.54. The molecule has 0 aliphatic rings. The van der Waals surface area contributed by atoms with Gasteiger partial charge in [0.1, 0.15) is 24.8 Å². The first-order chi connectivity index (χ1) is 11.8. The molecule has 1 heterocycles. The highest BCUT2D eigenvalue weighted by molar-refractivity contribution is 6.08. The number of pyridine rings is 1. The molecule has 0 radical (unpaired) electrons. The van der Waals surface area contributed by atoms with Crippen LogP contribution in [-0.2, 0) is 28.7 Å². The minimum atomic E-state index is -1.17. The van der Waals surface area contributed by atoms with Crippen LogP contribution in [0.1, 0.15) is 25.3 Å². The van der Waals surface area contributed by atoms with Crippen LogP contribution in [0.3, 0.4) is 0 Å². The summed E-state index contributed by atoms with van der Waals surface area (Å²) in [4.78, 5) is 53.4. The average molecular weight is 349 g/mol. The Balaban J connectivity index is 3.50. The first-order valence-electron chi connectivity index (χ1n) is 7.79. The zero-order chi connectivity index (χ0) is 19.0. The maximum atomic E-state index is 12.5. The molecule has 0 aliphatic heterocycles. The summed E-state index contributed by atoms with van der Waals surface area (Å²) in [6.07, 6.45) is 2.97. The molecular formula is C18H23NO6. The summed E-state index contributed by atoms with van der Waals surface area (Å²) >= 11 is 0. The van der Waals surface area contributed by atoms with E-state index < -0.39 is 40.9 Å². The Kier molecular flexibility index (Phi) is 8.24. The normalized spacial score (nSPS) is 13.3. The Morgan fingerprint density at radius 2 is 1.28 bits per heavy atom. The third-order valence-corrected chi connectivity index (χ3v) is 3.95. The van der Waals surface area contributed by atoms with Crippen molar-refractivity contribution in [3.8, 4) is 0 Å². The highest BCUT2D eigenvalue weighted by atomic mass is 16.5. The molecule has 136 valence electrons. The van der Waals surface area contributed by atoms with Crippen LogP contribution in [0.5, 0.6) is 0 Å². The van der Waals surface area contributed by atoms with Gasteiger partial charge >= 0.3 is 0 Å². The van der Waals surface area contributed by atoms with E-state index in [1.54, 1.807) is 12.1 Å². The van der Waals surface area contributed by atoms with E-state index in [2.05, 4.69) is 4.98 Å². The van der Waals surface area contributed by atoms with Crippen LogP contribution in [0.25, 0.3) is 0 Å². The summed E-state index contributed by atoms with van der Waals surface area (Å²) in [5.74, 6) is -5.08. The van der Waals surface area contributed by atoms with Gasteiger partial charge in [0.05, 0.1) is 11.8 Å². The number of rotatable bonds is 11. The van der Waals surface area contributed by atoms with E-state index in [4.69, 9.17) is 9.47 Å². The molecule has 1 aromatic heterocycles. The molecule has 0 fully saturated rings. The fourth-order valence-electron chi connectivity index (χ4n) is 2.99. The topological polar surface area (TPSA) is 99.6 Å². The summed E-state index contributed by atoms with van der Waals surface area (Å²) < 4.78 is 9.72. The maximum Gasteiger partial charge on any atom is 0.169 e. The zero-order valence-corrected chi connectivity index (χ0v) is 14.9. The lowest BCUT2D eigenvalue weighted by Crippen LogP contribution is -2.41. The smallest absolute Gasteiger partial charge is 0.169 e. The molecule has 0 aliphatic carbocycles. The lowest BCUT2D eigenvalue weighted by atomic mass is 9.71. The number of hydrogen-bond donors (Lipinski definition) is 0. The molecule has 25 heavy (non-hydrogen) atoms. The zero-order valence-electron chi connectivity index (χ0n) is 14.9. The lowest BCUT2D eigenvalue weighted by Gasteiger charge is -2.30. The van der Waals surface area contributed by atoms with Gasteiger partial charge in [-0.1, -0.05) is 0 Å². The Labute approximate surface area is 146 Å². The monoisotopic (exact) mass is 349 g/mol. The number of nitrogens with zero attached hydrogens (tertiary/aromatic N) is 1. The second-order valence-corrected chi connectivity index (χ2v) is 5.78. The predicted molar refractivity (Wildman–Crippen MR) is 89.1 cm³/mol. The molecule has 7 heteroatoms. The first-order valence-corrected chi connectivity index (χ1v) is 7.79. The van der Waals surface area contributed by atoms with Crippen LogP contribution >= 0.6 is 0 Å². The third kappa shape index (κ3) is 5.37. The minimum Gasteiger partial charge on any atom is -0.377 e. The van der Waals surface area contributed by atoms with Gasteiger partial charge < -0.3 is 9.47 Å². The van der Waals surface area contributed by atoms with Gasteiger partial charge in [-0.25, -0.2) is 0 Å². The second-order valence-electron chi connectivity index (χ2n) is 5.78. The molecule has 0 amide bonds. The first kappa shape index (κ1) is 20.8. The van der Waals surface area contributed by atoms with E-state index in [9.17, 15) is 19.2 Å². The Morgan fingerprint density at radius 1 is 0.880 bits per heavy atom. The van der Waals surface area contributed by atoms with Crippen LogP contribution in [-0.4, -0.2) is 55.6 Å². The third-order valence-electron chi connectivity index (χ3n) is 3.95. The number of methoxy groups -OCH3 is 2. The van der Waals surface area contributed by atoms with E-state index in [-0.39, 0.29) is 13.2 Å². The van der Waals surface area contributed by atoms with E-state index >= 15 is 0 Å². The Morgan fingerprint density at radius 3 is 1.60 bits per heavy atom. The number of hydrogen-bond acceptors (Lipinski definition) is 7. The number of ether oxygens (including phenoxy) is 2. The van der Waals surface area contributed by atoms with Gasteiger partial charge in [-0.3, -0.25) is 24.2 Å². The molecule has 0 bridgehead atoms. The number of aromatic nitrogens is 1. The van der Waals surface area contributed by atoms with E-state index in [0.29, 0.717) is 5.56 Å². The van der Waals surface area contributed by atoms with Gasteiger partial charge in [-0.15, -0.1) is 0 Å².